The van der Waals surface area contributed by atoms with E-state index in [1.54, 1.807) is 101 Å². The first kappa shape index (κ1) is 99.1. The number of ketones is 3. The molecule has 0 spiro atoms. The summed E-state index contributed by atoms with van der Waals surface area (Å²) in [7, 11) is 4.05. The number of nitrogens with one attached hydrogen (secondary N) is 1. The molecule has 0 radical (unpaired) electrons. The Bertz CT molecular complexity index is 3950. The molecule has 8 atom stereocenters. The summed E-state index contributed by atoms with van der Waals surface area (Å²) in [5.41, 5.74) is 2.88. The van der Waals surface area contributed by atoms with Gasteiger partial charge in [-0.1, -0.05) is 93.5 Å². The lowest BCUT2D eigenvalue weighted by Gasteiger charge is -2.14. The van der Waals surface area contributed by atoms with Crippen molar-refractivity contribution in [3.63, 3.8) is 0 Å². The van der Waals surface area contributed by atoms with Crippen LogP contribution in [0.5, 0.6) is 0 Å². The van der Waals surface area contributed by atoms with Gasteiger partial charge in [-0.05, 0) is 56.5 Å². The fraction of sp³-hybridized carbons (Fsp3) is 0.580. The highest BCUT2D eigenvalue weighted by molar-refractivity contribution is 6.22. The maximum atomic E-state index is 11.8. The first-order chi connectivity index (χ1) is 54.5. The topological polar surface area (TPSA) is 450 Å². The average molecular weight is 1630 g/mol. The number of rotatable bonds is 25. The van der Waals surface area contributed by atoms with Gasteiger partial charge in [0.1, 0.15) is 24.8 Å². The van der Waals surface area contributed by atoms with E-state index >= 15 is 0 Å². The van der Waals surface area contributed by atoms with Crippen LogP contribution in [0.25, 0.3) is 0 Å². The number of anilines is 2. The molecule has 2 aromatic carbocycles. The van der Waals surface area contributed by atoms with Crippen molar-refractivity contribution in [2.75, 3.05) is 90.3 Å². The van der Waals surface area contributed by atoms with Gasteiger partial charge in [-0.3, -0.25) is 140 Å². The number of carbonyl (C=O) groups is 22. The van der Waals surface area contributed by atoms with Gasteiger partial charge in [-0.15, -0.1) is 0 Å². The first-order valence-electron chi connectivity index (χ1n) is 38.5. The largest absolute Gasteiger partial charge is 0.469 e. The number of likely N-dealkylation sites (tertiary alicyclic amines) is 6. The Morgan fingerprint density at radius 1 is 0.397 bits per heavy atom. The van der Waals surface area contributed by atoms with E-state index in [1.807, 2.05) is 24.3 Å². The van der Waals surface area contributed by atoms with Crippen LogP contribution < -0.4 is 15.1 Å². The summed E-state index contributed by atoms with van der Waals surface area (Å²) in [6.07, 6.45) is 5.19. The number of ether oxygens (including phenoxy) is 4. The highest BCUT2D eigenvalue weighted by Gasteiger charge is 2.42. The minimum absolute atomic E-state index is 0.00264. The van der Waals surface area contributed by atoms with Crippen LogP contribution in [0, 0.1) is 47.3 Å². The lowest BCUT2D eigenvalue weighted by Crippen LogP contribution is -2.40. The van der Waals surface area contributed by atoms with Gasteiger partial charge in [0, 0.05) is 157 Å². The van der Waals surface area contributed by atoms with Gasteiger partial charge in [0.15, 0.2) is 5.78 Å². The van der Waals surface area contributed by atoms with Crippen LogP contribution in [0.4, 0.5) is 11.4 Å². The van der Waals surface area contributed by atoms with E-state index in [0.29, 0.717) is 101 Å². The summed E-state index contributed by atoms with van der Waals surface area (Å²) in [5, 5.41) is 2.41. The fourth-order valence-corrected chi connectivity index (χ4v) is 12.2. The normalized spacial score (nSPS) is 21.4. The summed E-state index contributed by atoms with van der Waals surface area (Å²) in [4.78, 5) is 257. The van der Waals surface area contributed by atoms with E-state index in [-0.39, 0.29) is 224 Å². The predicted octanol–water partition coefficient (Wildman–Crippen LogP) is 4.46. The molecule has 0 saturated carbocycles. The summed E-state index contributed by atoms with van der Waals surface area (Å²) in [5.74, 6) is -5.57. The monoisotopic (exact) mass is 1630 g/mol. The lowest BCUT2D eigenvalue weighted by atomic mass is 10.1. The highest BCUT2D eigenvalue weighted by atomic mass is 16.5. The zero-order chi connectivity index (χ0) is 87.7. The third-order valence-electron chi connectivity index (χ3n) is 19.2. The number of aryl methyl sites for hydroxylation is 1. The molecule has 35 nitrogen and oxygen atoms in total. The second kappa shape index (κ2) is 48.3. The Morgan fingerprint density at radius 3 is 1.11 bits per heavy atom. The van der Waals surface area contributed by atoms with Crippen molar-refractivity contribution < 1.29 is 124 Å². The van der Waals surface area contributed by atoms with Crippen LogP contribution in [0.3, 0.4) is 0 Å². The number of esters is 2. The van der Waals surface area contributed by atoms with Crippen molar-refractivity contribution >= 4 is 141 Å². The van der Waals surface area contributed by atoms with E-state index < -0.39 is 11.9 Å². The Labute approximate surface area is 674 Å². The molecule has 8 aliphatic rings. The van der Waals surface area contributed by atoms with Crippen LogP contribution in [0.15, 0.2) is 48.5 Å². The number of hydrogen-bond acceptors (Lipinski definition) is 26. The molecule has 116 heavy (non-hydrogen) atoms. The maximum Gasteiger partial charge on any atom is 0.325 e. The van der Waals surface area contributed by atoms with E-state index in [4.69, 9.17) is 9.47 Å². The van der Waals surface area contributed by atoms with Crippen molar-refractivity contribution in [1.29, 1.82) is 0 Å². The Kier molecular flexibility index (Phi) is 41.3. The minimum Gasteiger partial charge on any atom is -0.469 e. The van der Waals surface area contributed by atoms with Gasteiger partial charge >= 0.3 is 11.9 Å². The summed E-state index contributed by atoms with van der Waals surface area (Å²) in [6, 6.07) is 14.2. The van der Waals surface area contributed by atoms with E-state index in [2.05, 4.69) is 21.7 Å². The van der Waals surface area contributed by atoms with E-state index in [9.17, 15) is 105 Å². The van der Waals surface area contributed by atoms with Gasteiger partial charge in [0.2, 0.25) is 100 Å². The van der Waals surface area contributed by atoms with Crippen molar-refractivity contribution in [3.05, 3.63) is 59.7 Å². The van der Waals surface area contributed by atoms with Crippen LogP contribution in [-0.2, 0) is 126 Å². The smallest absolute Gasteiger partial charge is 0.325 e. The zero-order valence-electron chi connectivity index (χ0n) is 69.2. The van der Waals surface area contributed by atoms with Crippen molar-refractivity contribution in [2.24, 2.45) is 47.3 Å². The van der Waals surface area contributed by atoms with Gasteiger partial charge < -0.3 is 29.1 Å². The molecule has 2 aromatic rings. The number of imide groups is 8. The van der Waals surface area contributed by atoms with E-state index in [0.717, 1.165) is 26.0 Å². The van der Waals surface area contributed by atoms with Crippen molar-refractivity contribution in [3.8, 4) is 0 Å². The Hall–Kier alpha value is -11.1. The first-order valence-corrected chi connectivity index (χ1v) is 38.5. The molecule has 8 saturated heterocycles. The SMILES string of the molecule is CC(=O)CCCOCCN1C(=O)CC(C)C1=O.CC(=O)NCN1C(=O)CC(C)C1=O.CC(=O)c1cccc(N2C(=O)CC(C)C2=O)c1.CCC(=O)CCN1C(=O)CC(C)C1=O.CCc1ccc(N2C(=O)CC(C)C2=O)cc1.COC(=O)CCN1C(=O)CC(C)C1=O.COC(=O)CN1C(=O)CC(C)C1=O.COCCN1C(=O)CC(C)C1=O. The number of hydrogen-bond donors (Lipinski definition) is 1. The maximum absolute atomic E-state index is 11.8. The second-order valence-electron chi connectivity index (χ2n) is 29.0. The quantitative estimate of drug-likeness (QED) is 0.0620. The number of benzene rings is 2. The number of Topliss-reactive ketones (excluding diaryl/α,β-unsaturated/α-hetero) is 3. The Balaban J connectivity index is 0.000000344. The molecule has 0 bridgehead atoms. The molecule has 0 aliphatic carbocycles. The molecule has 1 N–H and O–H groups in total. The summed E-state index contributed by atoms with van der Waals surface area (Å²) >= 11 is 0. The molecular formula is C81H111N9O26. The molecule has 8 unspecified atom stereocenters. The molecular weight excluding hydrogens is 1510 g/mol. The standard InChI is InChI=1S/C13H13NO3.C13H15NO2.C12H19NO4.C10H15NO3.C9H13NO4.C8H12N2O3.C8H11NO4.C8H13NO3/c1-8-6-12(16)14(13(8)17)11-5-3-4-10(7-11)9(2)15;1-3-10-4-6-11(7-5-10)14-12(15)8-9(2)13(14)16;1-9-8-11(15)13(12(9)16)5-7-17-6-3-4-10(2)14;1-3-8(12)4-5-11-9(13)6-7(2)10(11)14;1-6-5-7(11)10(9(6)13)4-3-8(12)14-2;1-5-3-7(12)10(8(5)13)4-9-6(2)11;1-5-3-6(10)9(8(5)12)4-7(11)13-2;1-6-5-7(10)9(8(6)11)3-4-12-2/h3-5,7-8H,6H2,1-2H3;4-7,9H,3,8H2,1-2H3;9H,3-8H2,1-2H3;7H,3-6H2,1-2H3;6H,3-5H2,1-2H3;5H,3-4H2,1-2H3,(H,9,11);5H,3-4H2,1-2H3;6H,3-5H2,1-2H3. The molecule has 8 heterocycles. The number of amides is 17. The molecule has 8 aliphatic heterocycles. The molecule has 636 valence electrons. The third-order valence-corrected chi connectivity index (χ3v) is 19.2. The van der Waals surface area contributed by atoms with Crippen molar-refractivity contribution in [1.82, 2.24) is 34.7 Å². The summed E-state index contributed by atoms with van der Waals surface area (Å²) in [6.45, 7) is 24.1. The molecule has 17 amide bonds. The zero-order valence-corrected chi connectivity index (χ0v) is 69.2. The number of nitrogens with zero attached hydrogens (tertiary/aromatic N) is 8. The average Bonchev–Trinajstić information content (AvgIpc) is 1.53. The number of methoxy groups -OCH3 is 3. The fourth-order valence-electron chi connectivity index (χ4n) is 12.2. The van der Waals surface area contributed by atoms with Crippen LogP contribution in [0.2, 0.25) is 0 Å². The second-order valence-corrected chi connectivity index (χ2v) is 29.0. The van der Waals surface area contributed by atoms with Gasteiger partial charge in [-0.2, -0.15) is 0 Å². The molecule has 10 rings (SSSR count). The van der Waals surface area contributed by atoms with Gasteiger partial charge in [0.25, 0.3) is 0 Å². The Morgan fingerprint density at radius 2 is 0.767 bits per heavy atom. The third kappa shape index (κ3) is 29.9. The van der Waals surface area contributed by atoms with Crippen LogP contribution >= 0.6 is 0 Å². The minimum atomic E-state index is -0.573. The van der Waals surface area contributed by atoms with Crippen molar-refractivity contribution in [2.45, 2.75) is 180 Å². The highest BCUT2D eigenvalue weighted by Crippen LogP contribution is 2.29. The van der Waals surface area contributed by atoms with Crippen LogP contribution in [-0.4, -0.2) is 240 Å². The summed E-state index contributed by atoms with van der Waals surface area (Å²) < 4.78 is 18.8. The number of carbonyl (C=O) groups excluding carboxylic acids is 22. The predicted molar refractivity (Wildman–Crippen MR) is 413 cm³/mol. The lowest BCUT2D eigenvalue weighted by molar-refractivity contribution is -0.150. The molecule has 0 aromatic heterocycles. The van der Waals surface area contributed by atoms with E-state index in [1.165, 1.54) is 53.2 Å². The van der Waals surface area contributed by atoms with Gasteiger partial charge in [0.05, 0.1) is 58.3 Å². The van der Waals surface area contributed by atoms with Crippen LogP contribution in [0.1, 0.15) is 189 Å². The molecule has 35 heteroatoms. The molecule has 8 fully saturated rings. The van der Waals surface area contributed by atoms with Gasteiger partial charge in [-0.25, -0.2) is 0 Å².